The Labute approximate surface area is 170 Å². The lowest BCUT2D eigenvalue weighted by Gasteiger charge is -2.36. The fraction of sp³-hybridized carbons (Fsp3) is 0.500. The van der Waals surface area contributed by atoms with Crippen LogP contribution in [0.3, 0.4) is 0 Å². The second kappa shape index (κ2) is 7.67. The van der Waals surface area contributed by atoms with E-state index in [2.05, 4.69) is 0 Å². The van der Waals surface area contributed by atoms with Gasteiger partial charge in [-0.3, -0.25) is 0 Å². The Morgan fingerprint density at radius 2 is 1.86 bits per heavy atom. The monoisotopic (exact) mass is 417 g/mol. The summed E-state index contributed by atoms with van der Waals surface area (Å²) in [7, 11) is -3.71. The van der Waals surface area contributed by atoms with Gasteiger partial charge in [0.25, 0.3) is 0 Å². The minimum Gasteiger partial charge on any atom is -0.348 e. The number of hydrogen-bond donors (Lipinski definition) is 0. The molecule has 1 unspecified atom stereocenters. The molecule has 4 rings (SSSR count). The van der Waals surface area contributed by atoms with E-state index in [1.54, 1.807) is 30.4 Å². The normalized spacial score (nSPS) is 27.0. The molecular weight excluding hydrogens is 393 g/mol. The van der Waals surface area contributed by atoms with Crippen LogP contribution in [0.25, 0.3) is 5.57 Å². The molecule has 2 fully saturated rings. The molecule has 154 valence electrons. The van der Waals surface area contributed by atoms with Gasteiger partial charge in [0, 0.05) is 24.8 Å². The van der Waals surface area contributed by atoms with Crippen molar-refractivity contribution in [3.8, 4) is 6.07 Å². The van der Waals surface area contributed by atoms with Crippen molar-refractivity contribution in [2.45, 2.75) is 42.6 Å². The Morgan fingerprint density at radius 1 is 1.17 bits per heavy atom. The Kier molecular flexibility index (Phi) is 5.36. The first-order chi connectivity index (χ1) is 13.9. The molecule has 1 spiro atoms. The quantitative estimate of drug-likeness (QED) is 0.745. The number of hydrogen-bond acceptors (Lipinski definition) is 5. The number of allylic oxidation sites excluding steroid dienone is 3. The maximum atomic E-state index is 14.0. The molecule has 1 saturated carbocycles. The molecule has 0 bridgehead atoms. The van der Waals surface area contributed by atoms with Gasteiger partial charge < -0.3 is 9.47 Å². The van der Waals surface area contributed by atoms with Gasteiger partial charge in [-0.25, -0.2) is 12.8 Å². The van der Waals surface area contributed by atoms with Crippen LogP contribution in [0, 0.1) is 23.1 Å². The van der Waals surface area contributed by atoms with E-state index in [1.807, 2.05) is 6.07 Å². The number of nitrogens with zero attached hydrogens (tertiary/aromatic N) is 1. The zero-order valence-corrected chi connectivity index (χ0v) is 17.0. The second-order valence-electron chi connectivity index (χ2n) is 8.01. The number of benzene rings is 1. The van der Waals surface area contributed by atoms with Gasteiger partial charge in [0.2, 0.25) is 0 Å². The van der Waals surface area contributed by atoms with Crippen LogP contribution in [0.1, 0.15) is 37.7 Å². The third-order valence-corrected chi connectivity index (χ3v) is 8.64. The predicted molar refractivity (Wildman–Crippen MR) is 107 cm³/mol. The van der Waals surface area contributed by atoms with Crippen LogP contribution in [0.15, 0.2) is 42.5 Å². The first-order valence-electron chi connectivity index (χ1n) is 9.94. The van der Waals surface area contributed by atoms with E-state index in [4.69, 9.17) is 9.47 Å². The second-order valence-corrected chi connectivity index (χ2v) is 10.3. The molecule has 1 heterocycles. The van der Waals surface area contributed by atoms with Gasteiger partial charge in [0.15, 0.2) is 20.4 Å². The van der Waals surface area contributed by atoms with Crippen LogP contribution < -0.4 is 0 Å². The molecule has 1 aromatic carbocycles. The summed E-state index contributed by atoms with van der Waals surface area (Å²) in [6.07, 6.45) is 7.40. The SMILES string of the molecule is N#CC1(S(=O)(=O)CC2CCC3(CC2)OCCO3)C=CC(c2ccccc2F)=CC1. The van der Waals surface area contributed by atoms with Crippen molar-refractivity contribution in [2.24, 2.45) is 5.92 Å². The van der Waals surface area contributed by atoms with Crippen molar-refractivity contribution in [2.75, 3.05) is 19.0 Å². The first-order valence-corrected chi connectivity index (χ1v) is 11.6. The summed E-state index contributed by atoms with van der Waals surface area (Å²) in [5.74, 6) is -0.962. The fourth-order valence-electron chi connectivity index (χ4n) is 4.43. The predicted octanol–water partition coefficient (Wildman–Crippen LogP) is 3.78. The molecule has 7 heteroatoms. The van der Waals surface area contributed by atoms with Gasteiger partial charge in [0.05, 0.1) is 25.0 Å². The van der Waals surface area contributed by atoms with E-state index < -0.39 is 20.4 Å². The minimum absolute atomic E-state index is 0.0194. The Morgan fingerprint density at radius 3 is 2.45 bits per heavy atom. The number of sulfone groups is 1. The van der Waals surface area contributed by atoms with Crippen LogP contribution in [-0.4, -0.2) is 37.9 Å². The largest absolute Gasteiger partial charge is 0.348 e. The number of ether oxygens (including phenoxy) is 2. The van der Waals surface area contributed by atoms with Gasteiger partial charge in [-0.05, 0) is 36.5 Å². The third kappa shape index (κ3) is 3.77. The highest BCUT2D eigenvalue weighted by molar-refractivity contribution is 7.93. The average molecular weight is 418 g/mol. The number of rotatable bonds is 4. The molecule has 3 aliphatic rings. The minimum atomic E-state index is -3.71. The molecule has 0 radical (unpaired) electrons. The highest BCUT2D eigenvalue weighted by Gasteiger charge is 2.46. The Bertz CT molecular complexity index is 978. The van der Waals surface area contributed by atoms with Gasteiger partial charge in [-0.1, -0.05) is 30.4 Å². The molecule has 1 saturated heterocycles. The molecule has 0 N–H and O–H groups in total. The lowest BCUT2D eigenvalue weighted by molar-refractivity contribution is -0.181. The summed E-state index contributed by atoms with van der Waals surface area (Å²) in [5, 5.41) is 9.76. The zero-order valence-electron chi connectivity index (χ0n) is 16.1. The fourth-order valence-corrected chi connectivity index (χ4v) is 6.43. The summed E-state index contributed by atoms with van der Waals surface area (Å²) >= 11 is 0. The first kappa shape index (κ1) is 20.3. The van der Waals surface area contributed by atoms with Crippen molar-refractivity contribution in [3.63, 3.8) is 0 Å². The van der Waals surface area contributed by atoms with Crippen LogP contribution in [0.2, 0.25) is 0 Å². The van der Waals surface area contributed by atoms with Gasteiger partial charge in [-0.15, -0.1) is 0 Å². The van der Waals surface area contributed by atoms with Crippen LogP contribution in [-0.2, 0) is 19.3 Å². The summed E-state index contributed by atoms with van der Waals surface area (Å²) < 4.78 is 50.2. The lowest BCUT2D eigenvalue weighted by atomic mass is 9.86. The molecule has 0 aromatic heterocycles. The van der Waals surface area contributed by atoms with E-state index in [0.29, 0.717) is 50.0 Å². The molecule has 1 atom stereocenters. The molecule has 0 amide bonds. The van der Waals surface area contributed by atoms with Crippen molar-refractivity contribution < 1.29 is 22.3 Å². The topological polar surface area (TPSA) is 76.4 Å². The highest BCUT2D eigenvalue weighted by Crippen LogP contribution is 2.41. The smallest absolute Gasteiger partial charge is 0.180 e. The van der Waals surface area contributed by atoms with Crippen LogP contribution in [0.4, 0.5) is 4.39 Å². The summed E-state index contributed by atoms with van der Waals surface area (Å²) in [6, 6.07) is 8.35. The van der Waals surface area contributed by atoms with Gasteiger partial charge in [0.1, 0.15) is 5.82 Å². The molecule has 29 heavy (non-hydrogen) atoms. The maximum absolute atomic E-state index is 14.0. The van der Waals surface area contributed by atoms with Crippen LogP contribution >= 0.6 is 0 Å². The number of nitriles is 1. The van der Waals surface area contributed by atoms with E-state index in [1.165, 1.54) is 12.1 Å². The molecular formula is C22H24FNO4S. The standard InChI is InChI=1S/C22H24FNO4S/c23-20-4-2-1-3-19(20)18-7-9-21(16-24,10-8-18)29(25,26)15-17-5-11-22(12-6-17)27-13-14-28-22/h1-4,7-9,17H,5-6,10-15H2. The Hall–Kier alpha value is -2.01. The lowest BCUT2D eigenvalue weighted by Crippen LogP contribution is -2.42. The highest BCUT2D eigenvalue weighted by atomic mass is 32.2. The van der Waals surface area contributed by atoms with Gasteiger partial charge in [-0.2, -0.15) is 5.26 Å². The van der Waals surface area contributed by atoms with Gasteiger partial charge >= 0.3 is 0 Å². The average Bonchev–Trinajstić information content (AvgIpc) is 3.18. The summed E-state index contributed by atoms with van der Waals surface area (Å²) in [6.45, 7) is 1.17. The number of halogens is 1. The Balaban J connectivity index is 1.47. The van der Waals surface area contributed by atoms with E-state index in [0.717, 1.165) is 0 Å². The van der Waals surface area contributed by atoms with E-state index >= 15 is 0 Å². The summed E-state index contributed by atoms with van der Waals surface area (Å²) in [4.78, 5) is 0. The van der Waals surface area contributed by atoms with Crippen LogP contribution in [0.5, 0.6) is 0 Å². The molecule has 5 nitrogen and oxygen atoms in total. The molecule has 1 aromatic rings. The third-order valence-electron chi connectivity index (χ3n) is 6.22. The maximum Gasteiger partial charge on any atom is 0.180 e. The van der Waals surface area contributed by atoms with Crippen molar-refractivity contribution in [1.29, 1.82) is 5.26 Å². The summed E-state index contributed by atoms with van der Waals surface area (Å²) in [5.41, 5.74) is 1.00. The molecule has 2 aliphatic carbocycles. The van der Waals surface area contributed by atoms with Crippen molar-refractivity contribution in [3.05, 3.63) is 53.9 Å². The van der Waals surface area contributed by atoms with Crippen molar-refractivity contribution >= 4 is 15.4 Å². The van der Waals surface area contributed by atoms with E-state index in [9.17, 15) is 18.1 Å². The molecule has 1 aliphatic heterocycles. The van der Waals surface area contributed by atoms with Crippen molar-refractivity contribution in [1.82, 2.24) is 0 Å². The zero-order chi connectivity index (χ0) is 20.5. The van der Waals surface area contributed by atoms with E-state index in [-0.39, 0.29) is 23.9 Å².